The Bertz CT molecular complexity index is 199. The van der Waals surface area contributed by atoms with Crippen molar-refractivity contribution in [3.63, 3.8) is 0 Å². The van der Waals surface area contributed by atoms with Crippen molar-refractivity contribution in [3.8, 4) is 0 Å². The zero-order valence-corrected chi connectivity index (χ0v) is 13.7. The Morgan fingerprint density at radius 1 is 0.786 bits per heavy atom. The van der Waals surface area contributed by atoms with Crippen LogP contribution in [0.2, 0.25) is 0 Å². The first-order chi connectivity index (χ1) is 5.14. The van der Waals surface area contributed by atoms with Crippen molar-refractivity contribution in [2.75, 3.05) is 0 Å². The molecule has 8 nitrogen and oxygen atoms in total. The van der Waals surface area contributed by atoms with Gasteiger partial charge in [-0.3, -0.25) is 0 Å². The fraction of sp³-hybridized carbons (Fsp3) is 0.500. The molecule has 0 unspecified atom stereocenters. The summed E-state index contributed by atoms with van der Waals surface area (Å²) in [5.74, 6) is -14.2. The Morgan fingerprint density at radius 2 is 0.929 bits per heavy atom. The second-order valence-corrected chi connectivity index (χ2v) is 1.92. The average molecular weight is 258 g/mol. The molecule has 0 aromatic carbocycles. The van der Waals surface area contributed by atoms with Gasteiger partial charge in [0.25, 0.3) is 11.6 Å². The van der Waals surface area contributed by atoms with E-state index in [0.29, 0.717) is 0 Å². The van der Waals surface area contributed by atoms with Gasteiger partial charge in [0.2, 0.25) is 0 Å². The number of hydrogen-bond donors (Lipinski definition) is 4. The Hall–Kier alpha value is 2.05. The summed E-state index contributed by atoms with van der Waals surface area (Å²) >= 11 is 0. The Kier molecular flexibility index (Phi) is 11.3. The molecule has 70 valence electrons. The quantitative estimate of drug-likeness (QED) is 0.286. The van der Waals surface area contributed by atoms with Crippen LogP contribution in [0.1, 0.15) is 0 Å². The van der Waals surface area contributed by atoms with Crippen LogP contribution in [0.25, 0.3) is 0 Å². The zero-order chi connectivity index (χ0) is 10.2. The maximum atomic E-state index is 9.75. The van der Waals surface area contributed by atoms with Crippen molar-refractivity contribution in [1.29, 1.82) is 0 Å². The molecule has 0 aliphatic rings. The SMILES string of the molecule is O=C([O-])C(O)(O)C(O)(O)C(=O)[O-].[K+].[K+]. The molecular weight excluding hydrogens is 254 g/mol. The van der Waals surface area contributed by atoms with Gasteiger partial charge in [-0.05, 0) is 0 Å². The number of aliphatic carboxylic acids is 2. The van der Waals surface area contributed by atoms with Crippen LogP contribution in [0.5, 0.6) is 0 Å². The van der Waals surface area contributed by atoms with Crippen LogP contribution in [0, 0.1) is 0 Å². The van der Waals surface area contributed by atoms with E-state index >= 15 is 0 Å². The molecule has 4 N–H and O–H groups in total. The summed E-state index contributed by atoms with van der Waals surface area (Å²) in [4.78, 5) is 19.5. The summed E-state index contributed by atoms with van der Waals surface area (Å²) in [6, 6.07) is 0. The van der Waals surface area contributed by atoms with Crippen molar-refractivity contribution in [2.24, 2.45) is 0 Å². The summed E-state index contributed by atoms with van der Waals surface area (Å²) < 4.78 is 0. The molecule has 0 saturated heterocycles. The monoisotopic (exact) mass is 258 g/mol. The molecule has 0 atom stereocenters. The van der Waals surface area contributed by atoms with Gasteiger partial charge in [0.15, 0.2) is 0 Å². The summed E-state index contributed by atoms with van der Waals surface area (Å²) in [5.41, 5.74) is 0. The van der Waals surface area contributed by atoms with E-state index in [2.05, 4.69) is 0 Å². The van der Waals surface area contributed by atoms with Gasteiger partial charge in [0.1, 0.15) is 11.9 Å². The smallest absolute Gasteiger partial charge is 0.544 e. The molecule has 0 radical (unpaired) electrons. The van der Waals surface area contributed by atoms with E-state index in [1.165, 1.54) is 0 Å². The van der Waals surface area contributed by atoms with Gasteiger partial charge in [0, 0.05) is 0 Å². The normalized spacial score (nSPS) is 10.9. The van der Waals surface area contributed by atoms with Gasteiger partial charge < -0.3 is 40.2 Å². The first kappa shape index (κ1) is 21.3. The van der Waals surface area contributed by atoms with Gasteiger partial charge in [-0.2, -0.15) is 0 Å². The van der Waals surface area contributed by atoms with Gasteiger partial charge in [0.05, 0.1) is 0 Å². The number of carboxylic acids is 2. The minimum Gasteiger partial charge on any atom is -0.544 e. The molecule has 0 fully saturated rings. The Balaban J connectivity index is -0.000000605. The van der Waals surface area contributed by atoms with E-state index in [4.69, 9.17) is 20.4 Å². The van der Waals surface area contributed by atoms with E-state index < -0.39 is 23.5 Å². The fourth-order valence-corrected chi connectivity index (χ4v) is 0.285. The Morgan fingerprint density at radius 3 is 1.00 bits per heavy atom. The molecule has 0 amide bonds. The number of aliphatic hydroxyl groups is 4. The topological polar surface area (TPSA) is 161 Å². The number of carbonyl (C=O) groups is 2. The molecule has 0 aromatic rings. The van der Waals surface area contributed by atoms with Gasteiger partial charge >= 0.3 is 103 Å². The molecule has 0 rings (SSSR count). The third-order valence-corrected chi connectivity index (χ3v) is 1.06. The minimum atomic E-state index is -4.33. The molecular formula is C4H4K2O8. The van der Waals surface area contributed by atoms with Crippen LogP contribution in [0.4, 0.5) is 0 Å². The maximum absolute atomic E-state index is 9.75. The van der Waals surface area contributed by atoms with Gasteiger partial charge in [-0.25, -0.2) is 0 Å². The van der Waals surface area contributed by atoms with Crippen molar-refractivity contribution >= 4 is 11.9 Å². The predicted molar refractivity (Wildman–Crippen MR) is 24.4 cm³/mol. The van der Waals surface area contributed by atoms with E-state index in [1.807, 2.05) is 0 Å². The largest absolute Gasteiger partial charge is 1.00 e. The zero-order valence-electron chi connectivity index (χ0n) is 7.42. The fourth-order valence-electron chi connectivity index (χ4n) is 0.285. The summed E-state index contributed by atoms with van der Waals surface area (Å²) in [6.45, 7) is 0. The Labute approximate surface area is 163 Å². The first-order valence-corrected chi connectivity index (χ1v) is 2.46. The van der Waals surface area contributed by atoms with Crippen molar-refractivity contribution in [1.82, 2.24) is 0 Å². The summed E-state index contributed by atoms with van der Waals surface area (Å²) in [5, 5.41) is 52.6. The second-order valence-electron chi connectivity index (χ2n) is 1.92. The van der Waals surface area contributed by atoms with E-state index in [-0.39, 0.29) is 103 Å². The van der Waals surface area contributed by atoms with Crippen LogP contribution in [0.3, 0.4) is 0 Å². The number of carbonyl (C=O) groups excluding carboxylic acids is 2. The molecule has 0 heterocycles. The van der Waals surface area contributed by atoms with Crippen LogP contribution < -0.4 is 113 Å². The molecule has 0 aliphatic heterocycles. The maximum Gasteiger partial charge on any atom is 1.00 e. The third kappa shape index (κ3) is 4.51. The molecule has 0 saturated carbocycles. The number of hydrogen-bond acceptors (Lipinski definition) is 8. The van der Waals surface area contributed by atoms with E-state index in [9.17, 15) is 19.8 Å². The number of rotatable bonds is 3. The van der Waals surface area contributed by atoms with Crippen molar-refractivity contribution in [2.45, 2.75) is 11.6 Å². The molecule has 0 spiro atoms. The average Bonchev–Trinajstić information content (AvgIpc) is 1.86. The van der Waals surface area contributed by atoms with Crippen LogP contribution in [-0.2, 0) is 9.59 Å². The molecule has 14 heavy (non-hydrogen) atoms. The minimum absolute atomic E-state index is 0. The van der Waals surface area contributed by atoms with Crippen LogP contribution >= 0.6 is 0 Å². The van der Waals surface area contributed by atoms with Crippen molar-refractivity contribution in [3.05, 3.63) is 0 Å². The molecule has 0 bridgehead atoms. The molecule has 10 heteroatoms. The first-order valence-electron chi connectivity index (χ1n) is 2.46. The van der Waals surface area contributed by atoms with Gasteiger partial charge in [-0.15, -0.1) is 0 Å². The van der Waals surface area contributed by atoms with E-state index in [1.54, 1.807) is 0 Å². The van der Waals surface area contributed by atoms with Crippen LogP contribution in [0.15, 0.2) is 0 Å². The summed E-state index contributed by atoms with van der Waals surface area (Å²) in [6.07, 6.45) is 0. The standard InChI is InChI=1S/C4H6O8.2K/c5-1(6)3(9,10)4(11,12)2(7)8;;/h9-12H,(H,5,6)(H,7,8);;/q;2*+1/p-2. The van der Waals surface area contributed by atoms with Gasteiger partial charge in [-0.1, -0.05) is 0 Å². The second kappa shape index (κ2) is 7.39. The summed E-state index contributed by atoms with van der Waals surface area (Å²) in [7, 11) is 0. The molecule has 0 aromatic heterocycles. The number of carboxylic acid groups (broad SMARTS) is 2. The third-order valence-electron chi connectivity index (χ3n) is 1.06. The van der Waals surface area contributed by atoms with E-state index in [0.717, 1.165) is 0 Å². The van der Waals surface area contributed by atoms with Crippen LogP contribution in [-0.4, -0.2) is 43.9 Å². The van der Waals surface area contributed by atoms with Crippen molar-refractivity contribution < 1.29 is 143 Å². The molecule has 0 aliphatic carbocycles. The predicted octanol–water partition coefficient (Wildman–Crippen LogP) is -12.1.